The second-order valence-corrected chi connectivity index (χ2v) is 7.51. The molecule has 1 atom stereocenters. The third kappa shape index (κ3) is 3.58. The van der Waals surface area contributed by atoms with Crippen LogP contribution < -0.4 is 5.32 Å². The number of alkyl halides is 3. The number of halogens is 3. The molecule has 0 unspecified atom stereocenters. The molecule has 0 aliphatic carbocycles. The molecule has 0 fully saturated rings. The average Bonchev–Trinajstić information content (AvgIpc) is 3.37. The molecule has 1 N–H and O–H groups in total. The number of para-hydroxylation sites is 1. The highest BCUT2D eigenvalue weighted by molar-refractivity contribution is 5.95. The SMILES string of the molecule is CN1C=CC=C[C@@H](Nc2nc3c(C(F)(F)F)cccc3c3nc(-c4cnn(C)c4)nn23)C1=O. The lowest BCUT2D eigenvalue weighted by molar-refractivity contribution is -0.136. The van der Waals surface area contributed by atoms with Crippen LogP contribution in [-0.2, 0) is 18.0 Å². The minimum atomic E-state index is -4.63. The zero-order valence-corrected chi connectivity index (χ0v) is 17.4. The van der Waals surface area contributed by atoms with Crippen molar-refractivity contribution in [1.82, 2.24) is 34.3 Å². The van der Waals surface area contributed by atoms with Crippen LogP contribution in [0.4, 0.5) is 19.1 Å². The maximum atomic E-state index is 13.8. The lowest BCUT2D eigenvalue weighted by Crippen LogP contribution is -2.37. The number of aromatic nitrogens is 6. The van der Waals surface area contributed by atoms with Gasteiger partial charge in [-0.2, -0.15) is 22.8 Å². The minimum absolute atomic E-state index is 0.0462. The summed E-state index contributed by atoms with van der Waals surface area (Å²) < 4.78 is 44.1. The number of nitrogens with one attached hydrogen (secondary N) is 1. The molecule has 3 aromatic heterocycles. The van der Waals surface area contributed by atoms with E-state index in [-0.39, 0.29) is 34.2 Å². The van der Waals surface area contributed by atoms with E-state index in [1.54, 1.807) is 55.6 Å². The van der Waals surface area contributed by atoms with Gasteiger partial charge in [-0.05, 0) is 18.2 Å². The van der Waals surface area contributed by atoms with Crippen LogP contribution in [-0.4, -0.2) is 53.3 Å². The van der Waals surface area contributed by atoms with Gasteiger partial charge in [0.15, 0.2) is 11.5 Å². The molecule has 1 aliphatic rings. The van der Waals surface area contributed by atoms with Crippen LogP contribution in [0.25, 0.3) is 27.9 Å². The van der Waals surface area contributed by atoms with Gasteiger partial charge in [-0.1, -0.05) is 18.2 Å². The topological polar surface area (TPSA) is 93.2 Å². The Balaban J connectivity index is 1.75. The summed E-state index contributed by atoms with van der Waals surface area (Å²) in [4.78, 5) is 22.8. The van der Waals surface area contributed by atoms with Gasteiger partial charge in [-0.25, -0.2) is 9.97 Å². The highest BCUT2D eigenvalue weighted by atomic mass is 19.4. The van der Waals surface area contributed by atoms with E-state index in [2.05, 4.69) is 25.5 Å². The van der Waals surface area contributed by atoms with Crippen LogP contribution in [0.2, 0.25) is 0 Å². The molecule has 33 heavy (non-hydrogen) atoms. The van der Waals surface area contributed by atoms with Crippen LogP contribution in [0, 0.1) is 0 Å². The predicted molar refractivity (Wildman–Crippen MR) is 114 cm³/mol. The fraction of sp³-hybridized carbons (Fsp3) is 0.190. The Morgan fingerprint density at radius 1 is 1.12 bits per heavy atom. The molecule has 0 spiro atoms. The summed E-state index contributed by atoms with van der Waals surface area (Å²) in [6, 6.07) is 2.90. The van der Waals surface area contributed by atoms with Gasteiger partial charge in [0.1, 0.15) is 6.04 Å². The van der Waals surface area contributed by atoms with Crippen LogP contribution >= 0.6 is 0 Å². The standard InChI is InChI=1S/C21H17F3N8O/c1-30-9-4-3-8-15(19(30)33)26-20-27-16-13(6-5-7-14(16)21(22,23)24)18-28-17(29-32(18)20)12-10-25-31(2)11-12/h3-11,15H,1-2H3,(H,26,27)/t15-/m1/s1. The maximum absolute atomic E-state index is 13.8. The number of benzene rings is 1. The fourth-order valence-electron chi connectivity index (χ4n) is 3.59. The summed E-state index contributed by atoms with van der Waals surface area (Å²) in [5.41, 5.74) is -0.440. The number of rotatable bonds is 3. The highest BCUT2D eigenvalue weighted by Gasteiger charge is 2.34. The fourth-order valence-corrected chi connectivity index (χ4v) is 3.59. The van der Waals surface area contributed by atoms with Crippen molar-refractivity contribution in [2.45, 2.75) is 12.2 Å². The van der Waals surface area contributed by atoms with Crippen molar-refractivity contribution in [3.05, 3.63) is 60.6 Å². The molecule has 0 saturated heterocycles. The lowest BCUT2D eigenvalue weighted by atomic mass is 10.1. The Kier molecular flexibility index (Phi) is 4.65. The zero-order chi connectivity index (χ0) is 23.3. The van der Waals surface area contributed by atoms with Crippen molar-refractivity contribution in [1.29, 1.82) is 0 Å². The number of likely N-dealkylation sites (N-methyl/N-ethyl adjacent to an activating group) is 1. The molecule has 5 rings (SSSR count). The Morgan fingerprint density at radius 3 is 2.67 bits per heavy atom. The summed E-state index contributed by atoms with van der Waals surface area (Å²) in [5, 5.41) is 11.7. The molecule has 4 heterocycles. The van der Waals surface area contributed by atoms with Gasteiger partial charge in [0.05, 0.1) is 22.8 Å². The summed E-state index contributed by atoms with van der Waals surface area (Å²) in [6.07, 6.45) is 5.14. The molecular formula is C21H17F3N8O. The van der Waals surface area contributed by atoms with Gasteiger partial charge in [0.2, 0.25) is 5.95 Å². The molecule has 0 radical (unpaired) electrons. The van der Waals surface area contributed by atoms with Crippen molar-refractivity contribution in [2.75, 3.05) is 12.4 Å². The van der Waals surface area contributed by atoms with Gasteiger partial charge in [0, 0.05) is 31.9 Å². The Morgan fingerprint density at radius 2 is 1.94 bits per heavy atom. The van der Waals surface area contributed by atoms with Crippen molar-refractivity contribution < 1.29 is 18.0 Å². The van der Waals surface area contributed by atoms with Crippen molar-refractivity contribution in [3.8, 4) is 11.4 Å². The van der Waals surface area contributed by atoms with Crippen molar-refractivity contribution >= 4 is 28.4 Å². The number of amides is 1. The molecular weight excluding hydrogens is 437 g/mol. The number of aryl methyl sites for hydroxylation is 1. The third-order valence-electron chi connectivity index (χ3n) is 5.19. The van der Waals surface area contributed by atoms with Crippen LogP contribution in [0.5, 0.6) is 0 Å². The van der Waals surface area contributed by atoms with E-state index >= 15 is 0 Å². The highest BCUT2D eigenvalue weighted by Crippen LogP contribution is 2.36. The Labute approximate surface area is 184 Å². The number of carbonyl (C=O) groups excluding carboxylic acids is 1. The van der Waals surface area contributed by atoms with Gasteiger partial charge in [-0.3, -0.25) is 9.48 Å². The molecule has 4 aromatic rings. The second kappa shape index (κ2) is 7.43. The number of carbonyl (C=O) groups is 1. The van der Waals surface area contributed by atoms with Crippen molar-refractivity contribution in [3.63, 3.8) is 0 Å². The number of allylic oxidation sites excluding steroid dienone is 2. The normalized spacial score (nSPS) is 16.7. The van der Waals surface area contributed by atoms with E-state index in [0.29, 0.717) is 5.56 Å². The van der Waals surface area contributed by atoms with Crippen LogP contribution in [0.3, 0.4) is 0 Å². The van der Waals surface area contributed by atoms with E-state index in [0.717, 1.165) is 6.07 Å². The lowest BCUT2D eigenvalue weighted by Gasteiger charge is -2.19. The summed E-state index contributed by atoms with van der Waals surface area (Å²) in [5.74, 6) is -0.0960. The maximum Gasteiger partial charge on any atom is 0.418 e. The predicted octanol–water partition coefficient (Wildman–Crippen LogP) is 3.02. The number of anilines is 1. The molecule has 0 bridgehead atoms. The molecule has 1 aromatic carbocycles. The summed E-state index contributed by atoms with van der Waals surface area (Å²) >= 11 is 0. The molecule has 168 valence electrons. The third-order valence-corrected chi connectivity index (χ3v) is 5.19. The van der Waals surface area contributed by atoms with Crippen LogP contribution in [0.15, 0.2) is 55.0 Å². The number of fused-ring (bicyclic) bond motifs is 3. The zero-order valence-electron chi connectivity index (χ0n) is 17.4. The molecule has 12 heteroatoms. The first-order valence-corrected chi connectivity index (χ1v) is 9.86. The molecule has 9 nitrogen and oxygen atoms in total. The first kappa shape index (κ1) is 20.7. The summed E-state index contributed by atoms with van der Waals surface area (Å²) in [6.45, 7) is 0. The van der Waals surface area contributed by atoms with E-state index in [4.69, 9.17) is 0 Å². The van der Waals surface area contributed by atoms with Gasteiger partial charge in [0.25, 0.3) is 5.91 Å². The minimum Gasteiger partial charge on any atom is -0.339 e. The quantitative estimate of drug-likeness (QED) is 0.512. The number of hydrogen-bond acceptors (Lipinski definition) is 6. The van der Waals surface area contributed by atoms with E-state index < -0.39 is 17.8 Å². The molecule has 0 saturated carbocycles. The summed E-state index contributed by atoms with van der Waals surface area (Å²) in [7, 11) is 3.31. The van der Waals surface area contributed by atoms with Gasteiger partial charge < -0.3 is 10.2 Å². The average molecular weight is 454 g/mol. The smallest absolute Gasteiger partial charge is 0.339 e. The Hall–Kier alpha value is -4.22. The monoisotopic (exact) mass is 454 g/mol. The van der Waals surface area contributed by atoms with Crippen LogP contribution in [0.1, 0.15) is 5.56 Å². The largest absolute Gasteiger partial charge is 0.418 e. The number of hydrogen-bond donors (Lipinski definition) is 1. The van der Waals surface area contributed by atoms with Gasteiger partial charge >= 0.3 is 6.18 Å². The Bertz CT molecular complexity index is 1450. The van der Waals surface area contributed by atoms with Gasteiger partial charge in [-0.15, -0.1) is 5.10 Å². The number of nitrogens with zero attached hydrogens (tertiary/aromatic N) is 7. The van der Waals surface area contributed by atoms with E-state index in [1.165, 1.54) is 21.5 Å². The van der Waals surface area contributed by atoms with E-state index in [9.17, 15) is 18.0 Å². The molecule has 1 amide bonds. The first-order chi connectivity index (χ1) is 15.7. The molecule has 1 aliphatic heterocycles. The first-order valence-electron chi connectivity index (χ1n) is 9.86. The van der Waals surface area contributed by atoms with E-state index in [1.807, 2.05) is 0 Å². The second-order valence-electron chi connectivity index (χ2n) is 7.51. The van der Waals surface area contributed by atoms with Crippen molar-refractivity contribution in [2.24, 2.45) is 7.05 Å².